The molecule has 16 heavy (non-hydrogen) atoms. The molecule has 0 N–H and O–H groups in total. The van der Waals surface area contributed by atoms with Crippen molar-refractivity contribution in [1.82, 2.24) is 4.90 Å². The summed E-state index contributed by atoms with van der Waals surface area (Å²) in [6, 6.07) is 12.5. The Labute approximate surface area is 97.8 Å². The highest BCUT2D eigenvalue weighted by atomic mass is 15.1. The second kappa shape index (κ2) is 7.53. The second-order valence-corrected chi connectivity index (χ2v) is 3.63. The van der Waals surface area contributed by atoms with Gasteiger partial charge >= 0.3 is 0 Å². The van der Waals surface area contributed by atoms with E-state index in [0.717, 1.165) is 19.5 Å². The molecule has 1 rings (SSSR count). The van der Waals surface area contributed by atoms with Gasteiger partial charge in [-0.25, -0.2) is 0 Å². The number of hydrogen-bond donors (Lipinski definition) is 0. The van der Waals surface area contributed by atoms with Gasteiger partial charge in [-0.1, -0.05) is 36.4 Å². The van der Waals surface area contributed by atoms with Crippen molar-refractivity contribution in [1.29, 1.82) is 5.26 Å². The molecule has 84 valence electrons. The highest BCUT2D eigenvalue weighted by Gasteiger charge is 1.96. The van der Waals surface area contributed by atoms with E-state index in [9.17, 15) is 0 Å². The molecule has 0 aliphatic rings. The molecule has 2 heteroatoms. The van der Waals surface area contributed by atoms with Crippen molar-refractivity contribution in [3.8, 4) is 6.07 Å². The number of rotatable bonds is 6. The molecular weight excluding hydrogens is 196 g/mol. The molecule has 0 saturated carbocycles. The van der Waals surface area contributed by atoms with Crippen molar-refractivity contribution in [2.24, 2.45) is 0 Å². The van der Waals surface area contributed by atoms with Crippen LogP contribution in [0.15, 0.2) is 42.6 Å². The minimum atomic E-state index is 0.597. The Morgan fingerprint density at radius 2 is 2.06 bits per heavy atom. The predicted octanol–water partition coefficient (Wildman–Crippen LogP) is 3.33. The normalized spacial score (nSPS) is 10.2. The zero-order chi connectivity index (χ0) is 11.6. The minimum Gasteiger partial charge on any atom is -0.374 e. The van der Waals surface area contributed by atoms with Gasteiger partial charge in [0.15, 0.2) is 0 Å². The summed E-state index contributed by atoms with van der Waals surface area (Å²) in [4.78, 5) is 2.24. The number of hydrogen-bond acceptors (Lipinski definition) is 2. The van der Waals surface area contributed by atoms with Gasteiger partial charge in [-0.05, 0) is 25.1 Å². The number of benzene rings is 1. The van der Waals surface area contributed by atoms with Gasteiger partial charge in [0.1, 0.15) is 0 Å². The van der Waals surface area contributed by atoms with E-state index in [2.05, 4.69) is 54.4 Å². The van der Waals surface area contributed by atoms with Gasteiger partial charge in [0, 0.05) is 19.5 Å². The first-order valence-electron chi connectivity index (χ1n) is 5.68. The maximum Gasteiger partial charge on any atom is 0.0625 e. The summed E-state index contributed by atoms with van der Waals surface area (Å²) in [5.74, 6) is 0. The van der Waals surface area contributed by atoms with Crippen LogP contribution in [0.2, 0.25) is 0 Å². The first-order valence-corrected chi connectivity index (χ1v) is 5.68. The molecule has 1 aromatic carbocycles. The third kappa shape index (κ3) is 4.65. The fraction of sp³-hybridized carbons (Fsp3) is 0.357. The van der Waals surface area contributed by atoms with E-state index in [-0.39, 0.29) is 0 Å². The molecule has 0 heterocycles. The molecule has 0 bridgehead atoms. The van der Waals surface area contributed by atoms with Crippen LogP contribution >= 0.6 is 0 Å². The molecule has 1 aromatic rings. The summed E-state index contributed by atoms with van der Waals surface area (Å²) in [5.41, 5.74) is 1.31. The summed E-state index contributed by atoms with van der Waals surface area (Å²) in [6.45, 7) is 4.05. The third-order valence-electron chi connectivity index (χ3n) is 2.37. The Balaban J connectivity index is 2.44. The maximum atomic E-state index is 8.43. The van der Waals surface area contributed by atoms with Crippen molar-refractivity contribution < 1.29 is 0 Å². The zero-order valence-electron chi connectivity index (χ0n) is 9.76. The lowest BCUT2D eigenvalue weighted by atomic mass is 10.2. The summed E-state index contributed by atoms with van der Waals surface area (Å²) in [5, 5.41) is 8.43. The van der Waals surface area contributed by atoms with E-state index in [1.165, 1.54) is 5.56 Å². The second-order valence-electron chi connectivity index (χ2n) is 3.63. The number of nitrogens with zero attached hydrogens (tertiary/aromatic N) is 2. The van der Waals surface area contributed by atoms with Gasteiger partial charge in [0.25, 0.3) is 0 Å². The molecule has 0 aliphatic heterocycles. The van der Waals surface area contributed by atoms with Gasteiger partial charge in [-0.2, -0.15) is 5.26 Å². The molecule has 2 nitrogen and oxygen atoms in total. The van der Waals surface area contributed by atoms with Gasteiger partial charge < -0.3 is 4.90 Å². The summed E-state index contributed by atoms with van der Waals surface area (Å²) in [7, 11) is 0. The van der Waals surface area contributed by atoms with Crippen molar-refractivity contribution in [3.63, 3.8) is 0 Å². The van der Waals surface area contributed by atoms with E-state index >= 15 is 0 Å². The lowest BCUT2D eigenvalue weighted by Gasteiger charge is -2.18. The third-order valence-corrected chi connectivity index (χ3v) is 2.37. The van der Waals surface area contributed by atoms with Crippen LogP contribution in [-0.4, -0.2) is 11.4 Å². The van der Waals surface area contributed by atoms with Crippen molar-refractivity contribution >= 4 is 0 Å². The van der Waals surface area contributed by atoms with Crippen LogP contribution in [0, 0.1) is 11.3 Å². The van der Waals surface area contributed by atoms with E-state index in [0.29, 0.717) is 6.42 Å². The molecule has 0 aliphatic carbocycles. The lowest BCUT2D eigenvalue weighted by molar-refractivity contribution is 0.388. The smallest absolute Gasteiger partial charge is 0.0625 e. The Hall–Kier alpha value is -1.75. The largest absolute Gasteiger partial charge is 0.374 e. The summed E-state index contributed by atoms with van der Waals surface area (Å²) < 4.78 is 0. The Kier molecular flexibility index (Phi) is 5.80. The van der Waals surface area contributed by atoms with E-state index in [1.54, 1.807) is 0 Å². The van der Waals surface area contributed by atoms with E-state index in [1.807, 2.05) is 6.07 Å². The lowest BCUT2D eigenvalue weighted by Crippen LogP contribution is -2.15. The number of nitriles is 1. The molecule has 0 unspecified atom stereocenters. The quantitative estimate of drug-likeness (QED) is 0.679. The molecule has 0 radical (unpaired) electrons. The van der Waals surface area contributed by atoms with Crippen LogP contribution in [0.1, 0.15) is 25.3 Å². The van der Waals surface area contributed by atoms with Crippen LogP contribution in [0.25, 0.3) is 0 Å². The molecular formula is C14H18N2. The highest BCUT2D eigenvalue weighted by Crippen LogP contribution is 2.05. The minimum absolute atomic E-state index is 0.597. The van der Waals surface area contributed by atoms with Gasteiger partial charge in [-0.3, -0.25) is 0 Å². The predicted molar refractivity (Wildman–Crippen MR) is 66.5 cm³/mol. The van der Waals surface area contributed by atoms with Crippen LogP contribution in [0.5, 0.6) is 0 Å². The van der Waals surface area contributed by atoms with Crippen LogP contribution in [0.3, 0.4) is 0 Å². The summed E-state index contributed by atoms with van der Waals surface area (Å²) >= 11 is 0. The van der Waals surface area contributed by atoms with Crippen molar-refractivity contribution in [2.45, 2.75) is 26.3 Å². The van der Waals surface area contributed by atoms with Crippen LogP contribution < -0.4 is 0 Å². The summed E-state index contributed by atoms with van der Waals surface area (Å²) in [6.07, 6.45) is 5.58. The first kappa shape index (κ1) is 12.3. The van der Waals surface area contributed by atoms with Gasteiger partial charge in [-0.15, -0.1) is 0 Å². The highest BCUT2D eigenvalue weighted by molar-refractivity contribution is 5.14. The number of unbranched alkanes of at least 4 members (excludes halogenated alkanes) is 1. The molecule has 0 aromatic heterocycles. The Bertz CT molecular complexity index is 349. The van der Waals surface area contributed by atoms with Crippen molar-refractivity contribution in [2.75, 3.05) is 6.54 Å². The Morgan fingerprint density at radius 3 is 2.69 bits per heavy atom. The fourth-order valence-corrected chi connectivity index (χ4v) is 1.46. The van der Waals surface area contributed by atoms with Crippen molar-refractivity contribution in [3.05, 3.63) is 48.2 Å². The topological polar surface area (TPSA) is 27.0 Å². The molecule has 0 spiro atoms. The maximum absolute atomic E-state index is 8.43. The van der Waals surface area contributed by atoms with Gasteiger partial charge in [0.05, 0.1) is 6.07 Å². The van der Waals surface area contributed by atoms with E-state index < -0.39 is 0 Å². The van der Waals surface area contributed by atoms with Crippen LogP contribution in [0.4, 0.5) is 0 Å². The molecule has 0 atom stereocenters. The first-order chi connectivity index (χ1) is 7.86. The van der Waals surface area contributed by atoms with Gasteiger partial charge in [0.2, 0.25) is 0 Å². The fourth-order valence-electron chi connectivity index (χ4n) is 1.46. The Morgan fingerprint density at radius 1 is 1.31 bits per heavy atom. The standard InChI is InChI=1S/C14H18N2/c1-2-16(12-8-4-7-11-15)13-14-9-5-3-6-10-14/h3,5-6,8-10,12H,2,4,7,13H2,1H3. The zero-order valence-corrected chi connectivity index (χ0v) is 9.76. The molecule has 0 saturated heterocycles. The number of allylic oxidation sites excluding steroid dienone is 1. The SMILES string of the molecule is CCN(C=CCCC#N)Cc1ccccc1. The van der Waals surface area contributed by atoms with E-state index in [4.69, 9.17) is 5.26 Å². The van der Waals surface area contributed by atoms with Crippen LogP contribution in [-0.2, 0) is 6.54 Å². The molecule has 0 fully saturated rings. The average Bonchev–Trinajstić information content (AvgIpc) is 2.34. The molecule has 0 amide bonds. The average molecular weight is 214 g/mol. The monoisotopic (exact) mass is 214 g/mol.